The van der Waals surface area contributed by atoms with E-state index in [1.54, 1.807) is 18.2 Å². The zero-order valence-electron chi connectivity index (χ0n) is 8.25. The Morgan fingerprint density at radius 1 is 1.33 bits per heavy atom. The lowest BCUT2D eigenvalue weighted by atomic mass is 10.1. The average molecular weight is 213 g/mol. The maximum absolute atomic E-state index is 13.4. The fourth-order valence-electron chi connectivity index (χ4n) is 1.64. The molecule has 0 radical (unpaired) electrons. The van der Waals surface area contributed by atoms with Crippen molar-refractivity contribution in [1.82, 2.24) is 0 Å². The summed E-state index contributed by atoms with van der Waals surface area (Å²) in [5.41, 5.74) is 0.354. The summed E-state index contributed by atoms with van der Waals surface area (Å²) in [7, 11) is 0. The van der Waals surface area contributed by atoms with Gasteiger partial charge in [0.2, 0.25) is 0 Å². The molecular formula is C11H13F2NO. The van der Waals surface area contributed by atoms with E-state index in [-0.39, 0.29) is 18.5 Å². The Hall–Kier alpha value is -1.16. The minimum absolute atomic E-state index is 0.0894. The lowest BCUT2D eigenvalue weighted by Gasteiger charge is -2.27. The standard InChI is InChI=1S/C11H13F2NO/c12-8-3-1-2-4-10(8)14-11-5-6-15-7-9(11)13/h1-4,9,11,14H,5-7H2. The molecule has 82 valence electrons. The largest absolute Gasteiger partial charge is 0.378 e. The highest BCUT2D eigenvalue weighted by Gasteiger charge is 2.25. The smallest absolute Gasteiger partial charge is 0.146 e. The summed E-state index contributed by atoms with van der Waals surface area (Å²) in [4.78, 5) is 0. The minimum Gasteiger partial charge on any atom is -0.378 e. The molecular weight excluding hydrogens is 200 g/mol. The molecule has 1 N–H and O–H groups in total. The van der Waals surface area contributed by atoms with Crippen molar-refractivity contribution in [3.8, 4) is 0 Å². The maximum Gasteiger partial charge on any atom is 0.146 e. The van der Waals surface area contributed by atoms with Crippen molar-refractivity contribution in [3.63, 3.8) is 0 Å². The summed E-state index contributed by atoms with van der Waals surface area (Å²) in [5.74, 6) is -0.351. The topological polar surface area (TPSA) is 21.3 Å². The van der Waals surface area contributed by atoms with Crippen LogP contribution in [0.4, 0.5) is 14.5 Å². The van der Waals surface area contributed by atoms with E-state index in [4.69, 9.17) is 4.74 Å². The summed E-state index contributed by atoms with van der Waals surface area (Å²) in [5, 5.41) is 2.87. The number of halogens is 2. The van der Waals surface area contributed by atoms with Crippen molar-refractivity contribution in [2.45, 2.75) is 18.6 Å². The molecule has 1 aliphatic rings. The minimum atomic E-state index is -1.07. The van der Waals surface area contributed by atoms with E-state index < -0.39 is 6.17 Å². The predicted molar refractivity (Wildman–Crippen MR) is 54.1 cm³/mol. The molecule has 0 bridgehead atoms. The van der Waals surface area contributed by atoms with Gasteiger partial charge >= 0.3 is 0 Å². The number of alkyl halides is 1. The lowest BCUT2D eigenvalue weighted by Crippen LogP contribution is -2.39. The highest BCUT2D eigenvalue weighted by Crippen LogP contribution is 2.19. The van der Waals surface area contributed by atoms with E-state index in [0.717, 1.165) is 0 Å². The first-order chi connectivity index (χ1) is 7.27. The molecule has 2 unspecified atom stereocenters. The number of benzene rings is 1. The summed E-state index contributed by atoms with van der Waals surface area (Å²) in [6.45, 7) is 0.610. The zero-order valence-corrected chi connectivity index (χ0v) is 8.25. The molecule has 1 fully saturated rings. The second-order valence-electron chi connectivity index (χ2n) is 3.61. The zero-order chi connectivity index (χ0) is 10.7. The molecule has 1 aromatic rings. The first-order valence-electron chi connectivity index (χ1n) is 5.00. The summed E-state index contributed by atoms with van der Waals surface area (Å²) in [6, 6.07) is 5.94. The molecule has 1 aromatic carbocycles. The van der Waals surface area contributed by atoms with Crippen LogP contribution in [0.2, 0.25) is 0 Å². The molecule has 0 spiro atoms. The second-order valence-corrected chi connectivity index (χ2v) is 3.61. The van der Waals surface area contributed by atoms with E-state index in [1.807, 2.05) is 0 Å². The molecule has 0 amide bonds. The molecule has 0 aliphatic carbocycles. The van der Waals surface area contributed by atoms with Gasteiger partial charge in [-0.2, -0.15) is 0 Å². The van der Waals surface area contributed by atoms with Crippen molar-refractivity contribution < 1.29 is 13.5 Å². The Balaban J connectivity index is 2.04. The lowest BCUT2D eigenvalue weighted by molar-refractivity contribution is 0.0285. The van der Waals surface area contributed by atoms with Gasteiger partial charge in [0.1, 0.15) is 12.0 Å². The fourth-order valence-corrected chi connectivity index (χ4v) is 1.64. The van der Waals surface area contributed by atoms with Gasteiger partial charge in [-0.3, -0.25) is 0 Å². The Labute approximate surface area is 87.2 Å². The van der Waals surface area contributed by atoms with Gasteiger partial charge in [-0.05, 0) is 18.6 Å². The van der Waals surface area contributed by atoms with E-state index in [0.29, 0.717) is 18.7 Å². The molecule has 0 saturated carbocycles. The van der Waals surface area contributed by atoms with Gasteiger partial charge in [0.15, 0.2) is 0 Å². The summed E-state index contributed by atoms with van der Waals surface area (Å²) >= 11 is 0. The van der Waals surface area contributed by atoms with Gasteiger partial charge in [-0.15, -0.1) is 0 Å². The molecule has 2 rings (SSSR count). The summed E-state index contributed by atoms with van der Waals surface area (Å²) in [6.07, 6.45) is -0.506. The third kappa shape index (κ3) is 2.45. The van der Waals surface area contributed by atoms with Crippen LogP contribution >= 0.6 is 0 Å². The van der Waals surface area contributed by atoms with E-state index >= 15 is 0 Å². The van der Waals surface area contributed by atoms with Crippen LogP contribution in [0.3, 0.4) is 0 Å². The van der Waals surface area contributed by atoms with Gasteiger partial charge in [-0.1, -0.05) is 12.1 Å². The molecule has 1 heterocycles. The van der Waals surface area contributed by atoms with Crippen molar-refractivity contribution >= 4 is 5.69 Å². The van der Waals surface area contributed by atoms with Crippen LogP contribution < -0.4 is 5.32 Å². The Morgan fingerprint density at radius 2 is 2.13 bits per heavy atom. The molecule has 4 heteroatoms. The number of anilines is 1. The number of nitrogens with one attached hydrogen (secondary N) is 1. The van der Waals surface area contributed by atoms with Gasteiger partial charge < -0.3 is 10.1 Å². The highest BCUT2D eigenvalue weighted by atomic mass is 19.1. The van der Waals surface area contributed by atoms with Crippen LogP contribution in [-0.2, 0) is 4.74 Å². The van der Waals surface area contributed by atoms with E-state index in [9.17, 15) is 8.78 Å². The second kappa shape index (κ2) is 4.57. The Bertz CT molecular complexity index is 332. The van der Waals surface area contributed by atoms with E-state index in [2.05, 4.69) is 5.32 Å². The number of rotatable bonds is 2. The first kappa shape index (κ1) is 10.4. The SMILES string of the molecule is Fc1ccccc1NC1CCOCC1F. The third-order valence-corrected chi connectivity index (χ3v) is 2.50. The van der Waals surface area contributed by atoms with Crippen molar-refractivity contribution in [3.05, 3.63) is 30.1 Å². The Morgan fingerprint density at radius 3 is 2.87 bits per heavy atom. The summed E-state index contributed by atoms with van der Waals surface area (Å²) < 4.78 is 31.6. The van der Waals surface area contributed by atoms with Crippen LogP contribution in [0.15, 0.2) is 24.3 Å². The van der Waals surface area contributed by atoms with Crippen LogP contribution in [0.1, 0.15) is 6.42 Å². The average Bonchev–Trinajstić information content (AvgIpc) is 2.24. The first-order valence-corrected chi connectivity index (χ1v) is 5.00. The number of hydrogen-bond acceptors (Lipinski definition) is 2. The third-order valence-electron chi connectivity index (χ3n) is 2.50. The normalized spacial score (nSPS) is 26.3. The molecule has 1 saturated heterocycles. The monoisotopic (exact) mass is 213 g/mol. The molecule has 0 aromatic heterocycles. The molecule has 2 atom stereocenters. The Kier molecular flexibility index (Phi) is 3.16. The van der Waals surface area contributed by atoms with Gasteiger partial charge in [0.25, 0.3) is 0 Å². The molecule has 15 heavy (non-hydrogen) atoms. The van der Waals surface area contributed by atoms with Crippen molar-refractivity contribution in [2.75, 3.05) is 18.5 Å². The maximum atomic E-state index is 13.4. The number of hydrogen-bond donors (Lipinski definition) is 1. The fraction of sp³-hybridized carbons (Fsp3) is 0.455. The van der Waals surface area contributed by atoms with Gasteiger partial charge in [-0.25, -0.2) is 8.78 Å². The quantitative estimate of drug-likeness (QED) is 0.814. The van der Waals surface area contributed by atoms with Crippen LogP contribution in [-0.4, -0.2) is 25.4 Å². The molecule has 2 nitrogen and oxygen atoms in total. The van der Waals surface area contributed by atoms with Crippen molar-refractivity contribution in [2.24, 2.45) is 0 Å². The van der Waals surface area contributed by atoms with Crippen molar-refractivity contribution in [1.29, 1.82) is 0 Å². The molecule has 1 aliphatic heterocycles. The van der Waals surface area contributed by atoms with E-state index in [1.165, 1.54) is 6.07 Å². The number of ether oxygens (including phenoxy) is 1. The van der Waals surface area contributed by atoms with Crippen LogP contribution in [0, 0.1) is 5.82 Å². The van der Waals surface area contributed by atoms with Crippen LogP contribution in [0.5, 0.6) is 0 Å². The van der Waals surface area contributed by atoms with Gasteiger partial charge in [0.05, 0.1) is 18.3 Å². The van der Waals surface area contributed by atoms with Crippen LogP contribution in [0.25, 0.3) is 0 Å². The number of para-hydroxylation sites is 1. The highest BCUT2D eigenvalue weighted by molar-refractivity contribution is 5.45. The van der Waals surface area contributed by atoms with Gasteiger partial charge in [0, 0.05) is 6.61 Å². The predicted octanol–water partition coefficient (Wildman–Crippen LogP) is 2.36.